The van der Waals surface area contributed by atoms with Crippen LogP contribution in [0.5, 0.6) is 11.6 Å². The summed E-state index contributed by atoms with van der Waals surface area (Å²) in [5, 5.41) is 5.16. The lowest BCUT2D eigenvalue weighted by Gasteiger charge is -2.38. The summed E-state index contributed by atoms with van der Waals surface area (Å²) < 4.78 is 71.3. The largest absolute Gasteiger partial charge is 0.435 e. The summed E-state index contributed by atoms with van der Waals surface area (Å²) in [6.07, 6.45) is 3.89. The number of primary sulfonamides is 1. The van der Waals surface area contributed by atoms with Gasteiger partial charge in [-0.15, -0.1) is 0 Å². The van der Waals surface area contributed by atoms with Crippen molar-refractivity contribution >= 4 is 31.3 Å². The Kier molecular flexibility index (Phi) is 6.40. The molecule has 1 atom stereocenters. The van der Waals surface area contributed by atoms with Gasteiger partial charge in [0.25, 0.3) is 0 Å². The highest BCUT2D eigenvalue weighted by molar-refractivity contribution is 7.89. The zero-order valence-electron chi connectivity index (χ0n) is 22.7. The van der Waals surface area contributed by atoms with Crippen LogP contribution in [-0.4, -0.2) is 47.0 Å². The number of nitrogens with zero attached hydrogens (tertiary/aromatic N) is 5. The highest BCUT2D eigenvalue weighted by Gasteiger charge is 2.45. The molecule has 0 fully saturated rings. The van der Waals surface area contributed by atoms with Crippen molar-refractivity contribution in [3.05, 3.63) is 95.3 Å². The number of pyridine rings is 1. The first-order valence-electron chi connectivity index (χ1n) is 12.7. The smallest absolute Gasteiger partial charge is 0.238 e. The van der Waals surface area contributed by atoms with Crippen LogP contribution in [0.15, 0.2) is 67.0 Å². The molecule has 0 aliphatic carbocycles. The van der Waals surface area contributed by atoms with Gasteiger partial charge in [-0.25, -0.2) is 50.3 Å². The zero-order valence-corrected chi connectivity index (χ0v) is 24.3. The van der Waals surface area contributed by atoms with E-state index in [1.54, 1.807) is 48.5 Å². The van der Waals surface area contributed by atoms with Gasteiger partial charge in [0, 0.05) is 40.4 Å². The number of para-hydroxylation sites is 1. The second-order valence-electron chi connectivity index (χ2n) is 10.7. The molecule has 5 aromatic rings. The highest BCUT2D eigenvalue weighted by atomic mass is 32.2. The Morgan fingerprint density at radius 3 is 2.36 bits per heavy atom. The maximum atomic E-state index is 15.2. The number of ether oxygens (including phenoxy) is 1. The van der Waals surface area contributed by atoms with Gasteiger partial charge in [0.2, 0.25) is 25.9 Å². The molecule has 3 aromatic heterocycles. The molecule has 0 saturated carbocycles. The predicted octanol–water partition coefficient (Wildman–Crippen LogP) is 3.84. The van der Waals surface area contributed by atoms with Crippen LogP contribution in [-0.2, 0) is 31.2 Å². The molecule has 0 bridgehead atoms. The topological polar surface area (TPSA) is 160 Å². The second-order valence-corrected chi connectivity index (χ2v) is 14.1. The van der Waals surface area contributed by atoms with Gasteiger partial charge in [-0.1, -0.05) is 56.3 Å². The molecule has 42 heavy (non-hydrogen) atoms. The molecule has 0 saturated heterocycles. The Morgan fingerprint density at radius 2 is 1.67 bits per heavy atom. The van der Waals surface area contributed by atoms with Crippen molar-refractivity contribution in [3.63, 3.8) is 0 Å². The molecule has 4 heterocycles. The van der Waals surface area contributed by atoms with E-state index in [1.807, 2.05) is 13.8 Å². The van der Waals surface area contributed by atoms with Crippen LogP contribution in [0, 0.1) is 5.82 Å². The molecule has 1 aliphatic rings. The van der Waals surface area contributed by atoms with Gasteiger partial charge in [0.1, 0.15) is 5.82 Å². The molecule has 216 valence electrons. The van der Waals surface area contributed by atoms with E-state index in [9.17, 15) is 16.8 Å². The number of benzene rings is 2. The van der Waals surface area contributed by atoms with Crippen molar-refractivity contribution in [2.24, 2.45) is 5.14 Å². The summed E-state index contributed by atoms with van der Waals surface area (Å²) in [5.41, 5.74) is 1.99. The number of hydrogen-bond acceptors (Lipinski definition) is 9. The number of hydrogen-bond donors (Lipinski definition) is 1. The van der Waals surface area contributed by atoms with Crippen LogP contribution in [0.25, 0.3) is 22.6 Å². The van der Waals surface area contributed by atoms with Crippen molar-refractivity contribution < 1.29 is 26.0 Å². The van der Waals surface area contributed by atoms with Gasteiger partial charge < -0.3 is 4.74 Å². The van der Waals surface area contributed by atoms with E-state index in [1.165, 1.54) is 18.5 Å². The summed E-state index contributed by atoms with van der Waals surface area (Å²) in [6, 6.07) is 14.9. The Hall–Kier alpha value is -4.27. The predicted molar refractivity (Wildman–Crippen MR) is 153 cm³/mol. The lowest BCUT2D eigenvalue weighted by atomic mass is 9.69. The first kappa shape index (κ1) is 27.9. The number of rotatable bonds is 6. The van der Waals surface area contributed by atoms with Crippen LogP contribution in [0.4, 0.5) is 4.39 Å². The van der Waals surface area contributed by atoms with E-state index in [0.29, 0.717) is 27.9 Å². The minimum Gasteiger partial charge on any atom is -0.435 e. The highest BCUT2D eigenvalue weighted by Crippen LogP contribution is 2.53. The van der Waals surface area contributed by atoms with Gasteiger partial charge in [0.05, 0.1) is 17.7 Å². The van der Waals surface area contributed by atoms with Crippen molar-refractivity contribution in [2.75, 3.05) is 6.26 Å². The first-order chi connectivity index (χ1) is 19.7. The van der Waals surface area contributed by atoms with E-state index in [2.05, 4.69) is 15.0 Å². The SMILES string of the molecule is CC(C)(c1nc2nccnc2n1S(C)(=O)=O)C1c2ccc(-c3ccc(CS(N)(=O)=O)cc3)nc2Oc2c(F)cccc21. The normalized spacial score (nSPS) is 15.2. The monoisotopic (exact) mass is 608 g/mol. The average molecular weight is 609 g/mol. The van der Waals surface area contributed by atoms with Crippen LogP contribution in [0.3, 0.4) is 0 Å². The maximum Gasteiger partial charge on any atom is 0.238 e. The van der Waals surface area contributed by atoms with E-state index in [-0.39, 0.29) is 34.5 Å². The molecule has 1 unspecified atom stereocenters. The van der Waals surface area contributed by atoms with Crippen molar-refractivity contribution in [1.82, 2.24) is 23.9 Å². The second kappa shape index (κ2) is 9.64. The average Bonchev–Trinajstić information content (AvgIpc) is 3.33. The van der Waals surface area contributed by atoms with E-state index in [4.69, 9.17) is 14.9 Å². The van der Waals surface area contributed by atoms with Crippen LogP contribution in [0.1, 0.15) is 42.3 Å². The van der Waals surface area contributed by atoms with Gasteiger partial charge in [0.15, 0.2) is 22.9 Å². The minimum atomic E-state index is -3.87. The first-order valence-corrected chi connectivity index (χ1v) is 16.3. The number of imidazole rings is 1. The Balaban J connectivity index is 1.52. The zero-order chi connectivity index (χ0) is 30.0. The fourth-order valence-corrected chi connectivity index (χ4v) is 7.15. The molecular formula is C28H25FN6O5S2. The summed E-state index contributed by atoms with van der Waals surface area (Å²) in [7, 11) is -7.56. The maximum absolute atomic E-state index is 15.2. The number of nitrogens with two attached hydrogens (primary N) is 1. The van der Waals surface area contributed by atoms with E-state index < -0.39 is 37.2 Å². The Bertz CT molecular complexity index is 2100. The molecule has 11 nitrogen and oxygen atoms in total. The molecule has 6 rings (SSSR count). The molecule has 2 N–H and O–H groups in total. The van der Waals surface area contributed by atoms with Gasteiger partial charge in [-0.3, -0.25) is 0 Å². The molecule has 1 aliphatic heterocycles. The number of halogens is 1. The standard InChI is InChI=1S/C28H25FN6O5S2/c1-28(2,27-34-24-25(32-14-13-31-24)35(27)41(3,36)37)22-18-5-4-6-20(29)23(18)40-26-19(22)11-12-21(33-26)17-9-7-16(8-10-17)15-42(30,38)39/h4-14,22H,15H2,1-3H3,(H2,30,38,39). The number of sulfonamides is 1. The van der Waals surface area contributed by atoms with E-state index in [0.717, 1.165) is 10.2 Å². The third kappa shape index (κ3) is 4.80. The lowest BCUT2D eigenvalue weighted by molar-refractivity contribution is 0.351. The van der Waals surface area contributed by atoms with Gasteiger partial charge >= 0.3 is 0 Å². The van der Waals surface area contributed by atoms with Crippen LogP contribution in [0.2, 0.25) is 0 Å². The quantitative estimate of drug-likeness (QED) is 0.302. The van der Waals surface area contributed by atoms with Crippen molar-refractivity contribution in [1.29, 1.82) is 0 Å². The minimum absolute atomic E-state index is 0.0190. The molecule has 0 spiro atoms. The van der Waals surface area contributed by atoms with Crippen LogP contribution >= 0.6 is 0 Å². The lowest BCUT2D eigenvalue weighted by Crippen LogP contribution is -2.35. The van der Waals surface area contributed by atoms with E-state index >= 15 is 4.39 Å². The van der Waals surface area contributed by atoms with Crippen molar-refractivity contribution in [2.45, 2.75) is 30.9 Å². The molecule has 0 radical (unpaired) electrons. The summed E-state index contributed by atoms with van der Waals surface area (Å²) in [4.78, 5) is 17.7. The summed E-state index contributed by atoms with van der Waals surface area (Å²) in [5.74, 6) is -1.23. The third-order valence-corrected chi connectivity index (χ3v) is 8.96. The third-order valence-electron chi connectivity index (χ3n) is 7.21. The molecule has 2 aromatic carbocycles. The van der Waals surface area contributed by atoms with Crippen molar-refractivity contribution in [3.8, 4) is 22.9 Å². The van der Waals surface area contributed by atoms with Gasteiger partial charge in [-0.2, -0.15) is 0 Å². The van der Waals surface area contributed by atoms with Crippen LogP contribution < -0.4 is 9.88 Å². The molecule has 0 amide bonds. The Morgan fingerprint density at radius 1 is 0.952 bits per heavy atom. The summed E-state index contributed by atoms with van der Waals surface area (Å²) >= 11 is 0. The number of aromatic nitrogens is 5. The van der Waals surface area contributed by atoms with Gasteiger partial charge in [-0.05, 0) is 17.7 Å². The fourth-order valence-electron chi connectivity index (χ4n) is 5.46. The summed E-state index contributed by atoms with van der Waals surface area (Å²) in [6.45, 7) is 3.64. The fraction of sp³-hybridized carbons (Fsp3) is 0.214. The molecular weight excluding hydrogens is 583 g/mol. The Labute approximate surface area is 241 Å². The number of fused-ring (bicyclic) bond motifs is 3. The molecule has 14 heteroatoms.